The van der Waals surface area contributed by atoms with Crippen LogP contribution in [0.3, 0.4) is 0 Å². The smallest absolute Gasteiger partial charge is 0.241 e. The number of aryl methyl sites for hydroxylation is 1. The minimum Gasteiger partial charge on any atom is -0.385 e. The second kappa shape index (κ2) is 9.25. The second-order valence-electron chi connectivity index (χ2n) is 6.34. The Hall–Kier alpha value is -1.11. The van der Waals surface area contributed by atoms with Gasteiger partial charge in [0.05, 0.1) is 6.20 Å². The lowest BCUT2D eigenvalue weighted by Crippen LogP contribution is -2.42. The molecule has 1 atom stereocenters. The predicted molar refractivity (Wildman–Crippen MR) is 92.7 cm³/mol. The van der Waals surface area contributed by atoms with E-state index in [1.165, 1.54) is 25.7 Å². The molecule has 2 N–H and O–H groups in total. The van der Waals surface area contributed by atoms with E-state index in [0.717, 1.165) is 25.1 Å². The summed E-state index contributed by atoms with van der Waals surface area (Å²) in [5, 5.41) is 10.4. The van der Waals surface area contributed by atoms with E-state index in [1.54, 1.807) is 25.0 Å². The molecule has 0 spiro atoms. The summed E-state index contributed by atoms with van der Waals surface area (Å²) in [6.07, 6.45) is 9.46. The third kappa shape index (κ3) is 5.19. The van der Waals surface area contributed by atoms with Crippen molar-refractivity contribution in [3.63, 3.8) is 0 Å². The van der Waals surface area contributed by atoms with E-state index in [0.29, 0.717) is 0 Å². The van der Waals surface area contributed by atoms with Gasteiger partial charge in [0.15, 0.2) is 0 Å². The van der Waals surface area contributed by atoms with Gasteiger partial charge in [0.25, 0.3) is 0 Å². The zero-order valence-electron chi connectivity index (χ0n) is 14.3. The van der Waals surface area contributed by atoms with Crippen molar-refractivity contribution in [2.75, 3.05) is 27.3 Å². The molecule has 132 valence electrons. The van der Waals surface area contributed by atoms with E-state index in [1.807, 2.05) is 13.2 Å². The highest BCUT2D eigenvalue weighted by Crippen LogP contribution is 2.40. The van der Waals surface area contributed by atoms with E-state index >= 15 is 0 Å². The maximum atomic E-state index is 12.5. The summed E-state index contributed by atoms with van der Waals surface area (Å²) < 4.78 is 6.95. The van der Waals surface area contributed by atoms with E-state index < -0.39 is 0 Å². The van der Waals surface area contributed by atoms with Crippen molar-refractivity contribution >= 4 is 18.3 Å². The number of ether oxygens (including phenoxy) is 1. The van der Waals surface area contributed by atoms with Gasteiger partial charge in [-0.2, -0.15) is 5.10 Å². The topological polar surface area (TPSA) is 68.2 Å². The summed E-state index contributed by atoms with van der Waals surface area (Å²) in [6, 6.07) is -0.352. The molecule has 1 aromatic heterocycles. The quantitative estimate of drug-likeness (QED) is 0.754. The normalized spacial score (nSPS) is 17.5. The first-order valence-corrected chi connectivity index (χ1v) is 8.03. The number of aromatic nitrogens is 2. The van der Waals surface area contributed by atoms with E-state index in [2.05, 4.69) is 15.7 Å². The standard InChI is InChI=1S/C16H28N4O2.ClH/c1-17-14(13-10-19-20(2)11-13)15(21)18-12-16(8-9-22-3)6-4-5-7-16;/h10-11,14,17H,4-9,12H2,1-3H3,(H,18,21);1H. The van der Waals surface area contributed by atoms with Crippen LogP contribution in [0.2, 0.25) is 0 Å². The van der Waals surface area contributed by atoms with Crippen LogP contribution in [0.25, 0.3) is 0 Å². The Morgan fingerprint density at radius 1 is 1.48 bits per heavy atom. The van der Waals surface area contributed by atoms with Crippen molar-refractivity contribution < 1.29 is 9.53 Å². The van der Waals surface area contributed by atoms with Gasteiger partial charge in [-0.3, -0.25) is 9.48 Å². The first-order chi connectivity index (χ1) is 10.6. The van der Waals surface area contributed by atoms with Crippen LogP contribution in [0, 0.1) is 5.41 Å². The number of carbonyl (C=O) groups excluding carboxylic acids is 1. The summed E-state index contributed by atoms with van der Waals surface area (Å²) in [4.78, 5) is 12.5. The SMILES string of the molecule is CNC(C(=O)NCC1(CCOC)CCCC1)c1cnn(C)c1.Cl. The van der Waals surface area contributed by atoms with Gasteiger partial charge in [0.1, 0.15) is 6.04 Å². The van der Waals surface area contributed by atoms with Gasteiger partial charge in [-0.1, -0.05) is 12.8 Å². The molecule has 6 nitrogen and oxygen atoms in total. The van der Waals surface area contributed by atoms with E-state index in [-0.39, 0.29) is 29.8 Å². The van der Waals surface area contributed by atoms with Crippen molar-refractivity contribution in [1.29, 1.82) is 0 Å². The molecule has 0 radical (unpaired) electrons. The molecule has 7 heteroatoms. The van der Waals surface area contributed by atoms with Gasteiger partial charge >= 0.3 is 0 Å². The number of hydrogen-bond donors (Lipinski definition) is 2. The first-order valence-electron chi connectivity index (χ1n) is 8.03. The molecule has 0 saturated heterocycles. The lowest BCUT2D eigenvalue weighted by Gasteiger charge is -2.30. The molecule has 1 unspecified atom stereocenters. The van der Waals surface area contributed by atoms with Gasteiger partial charge in [0.2, 0.25) is 5.91 Å². The van der Waals surface area contributed by atoms with Crippen molar-refractivity contribution in [3.8, 4) is 0 Å². The number of rotatable bonds is 8. The molecule has 0 aliphatic heterocycles. The van der Waals surface area contributed by atoms with Gasteiger partial charge < -0.3 is 15.4 Å². The minimum absolute atomic E-state index is 0. The Labute approximate surface area is 144 Å². The van der Waals surface area contributed by atoms with Crippen LogP contribution in [-0.4, -0.2) is 43.0 Å². The van der Waals surface area contributed by atoms with Gasteiger partial charge in [-0.25, -0.2) is 0 Å². The molecule has 23 heavy (non-hydrogen) atoms. The monoisotopic (exact) mass is 344 g/mol. The van der Waals surface area contributed by atoms with Crippen LogP contribution >= 0.6 is 12.4 Å². The summed E-state index contributed by atoms with van der Waals surface area (Å²) in [5.41, 5.74) is 1.10. The zero-order chi connectivity index (χ0) is 16.0. The Bertz CT molecular complexity index is 486. The van der Waals surface area contributed by atoms with Gasteiger partial charge in [-0.15, -0.1) is 12.4 Å². The molecule has 1 fully saturated rings. The molecular weight excluding hydrogens is 316 g/mol. The summed E-state index contributed by atoms with van der Waals surface area (Å²) in [7, 11) is 5.39. The average molecular weight is 345 g/mol. The third-order valence-electron chi connectivity index (χ3n) is 4.75. The van der Waals surface area contributed by atoms with Crippen LogP contribution in [-0.2, 0) is 16.6 Å². The Kier molecular flexibility index (Phi) is 8.02. The molecule has 1 amide bonds. The second-order valence-corrected chi connectivity index (χ2v) is 6.34. The molecule has 1 aliphatic rings. The molecule has 0 aromatic carbocycles. The summed E-state index contributed by atoms with van der Waals surface area (Å²) in [5.74, 6) is 0.0131. The highest BCUT2D eigenvalue weighted by atomic mass is 35.5. The van der Waals surface area contributed by atoms with Crippen LogP contribution in [0.4, 0.5) is 0 Å². The predicted octanol–water partition coefficient (Wildman–Crippen LogP) is 1.82. The number of amides is 1. The number of hydrogen-bond acceptors (Lipinski definition) is 4. The number of carbonyl (C=O) groups is 1. The van der Waals surface area contributed by atoms with Gasteiger partial charge in [0, 0.05) is 39.1 Å². The van der Waals surface area contributed by atoms with Crippen molar-refractivity contribution in [2.45, 2.75) is 38.1 Å². The lowest BCUT2D eigenvalue weighted by atomic mass is 9.83. The number of nitrogens with one attached hydrogen (secondary N) is 2. The van der Waals surface area contributed by atoms with Crippen LogP contribution in [0.15, 0.2) is 12.4 Å². The van der Waals surface area contributed by atoms with E-state index in [4.69, 9.17) is 4.74 Å². The maximum absolute atomic E-state index is 12.5. The van der Waals surface area contributed by atoms with E-state index in [9.17, 15) is 4.79 Å². The molecule has 1 saturated carbocycles. The average Bonchev–Trinajstić information content (AvgIpc) is 3.14. The number of halogens is 1. The van der Waals surface area contributed by atoms with Crippen molar-refractivity contribution in [2.24, 2.45) is 12.5 Å². The fourth-order valence-electron chi connectivity index (χ4n) is 3.37. The maximum Gasteiger partial charge on any atom is 0.241 e. The third-order valence-corrected chi connectivity index (χ3v) is 4.75. The van der Waals surface area contributed by atoms with Crippen LogP contribution in [0.5, 0.6) is 0 Å². The Morgan fingerprint density at radius 2 is 2.17 bits per heavy atom. The van der Waals surface area contributed by atoms with Crippen LogP contribution in [0.1, 0.15) is 43.7 Å². The molecule has 1 heterocycles. The van der Waals surface area contributed by atoms with Crippen molar-refractivity contribution in [1.82, 2.24) is 20.4 Å². The summed E-state index contributed by atoms with van der Waals surface area (Å²) in [6.45, 7) is 1.49. The molecule has 1 aromatic rings. The summed E-state index contributed by atoms with van der Waals surface area (Å²) >= 11 is 0. The number of methoxy groups -OCH3 is 1. The number of nitrogens with zero attached hydrogens (tertiary/aromatic N) is 2. The zero-order valence-corrected chi connectivity index (χ0v) is 15.1. The molecule has 0 bridgehead atoms. The minimum atomic E-state index is -0.352. The fourth-order valence-corrected chi connectivity index (χ4v) is 3.37. The highest BCUT2D eigenvalue weighted by molar-refractivity contribution is 5.85. The van der Waals surface area contributed by atoms with Crippen LogP contribution < -0.4 is 10.6 Å². The molecular formula is C16H29ClN4O2. The first kappa shape index (κ1) is 19.9. The Balaban J connectivity index is 0.00000264. The van der Waals surface area contributed by atoms with Gasteiger partial charge in [-0.05, 0) is 31.7 Å². The highest BCUT2D eigenvalue weighted by Gasteiger charge is 2.34. The fraction of sp³-hybridized carbons (Fsp3) is 0.750. The molecule has 2 rings (SSSR count). The molecule has 1 aliphatic carbocycles. The van der Waals surface area contributed by atoms with Crippen molar-refractivity contribution in [3.05, 3.63) is 18.0 Å². The lowest BCUT2D eigenvalue weighted by molar-refractivity contribution is -0.123. The largest absolute Gasteiger partial charge is 0.385 e. The number of likely N-dealkylation sites (N-methyl/N-ethyl adjacent to an activating group) is 1. The Morgan fingerprint density at radius 3 is 2.70 bits per heavy atom.